The number of rotatable bonds is 5. The van der Waals surface area contributed by atoms with E-state index >= 15 is 0 Å². The molecule has 130 valence electrons. The Morgan fingerprint density at radius 1 is 0.923 bits per heavy atom. The Kier molecular flexibility index (Phi) is 4.80. The maximum atomic E-state index is 12.3. The number of aromatic nitrogens is 1. The number of hydrogen-bond acceptors (Lipinski definition) is 3. The van der Waals surface area contributed by atoms with Crippen LogP contribution in [0.5, 0.6) is 0 Å². The fourth-order valence-electron chi connectivity index (χ4n) is 2.83. The highest BCUT2D eigenvalue weighted by Gasteiger charge is 2.07. The lowest BCUT2D eigenvalue weighted by Gasteiger charge is -2.09. The van der Waals surface area contributed by atoms with Gasteiger partial charge >= 0.3 is 0 Å². The van der Waals surface area contributed by atoms with Gasteiger partial charge in [-0.25, -0.2) is 0 Å². The number of allylic oxidation sites excluding steroid dienone is 1. The van der Waals surface area contributed by atoms with Gasteiger partial charge in [-0.3, -0.25) is 14.9 Å². The van der Waals surface area contributed by atoms with Gasteiger partial charge in [0.05, 0.1) is 4.92 Å². The molecule has 0 N–H and O–H groups in total. The highest BCUT2D eigenvalue weighted by Crippen LogP contribution is 2.18. The molecular formula is C21H18N2O3. The molecule has 0 atom stereocenters. The van der Waals surface area contributed by atoms with Gasteiger partial charge in [0.15, 0.2) is 5.78 Å². The smallest absolute Gasteiger partial charge is 0.269 e. The van der Waals surface area contributed by atoms with Crippen LogP contribution in [0.3, 0.4) is 0 Å². The summed E-state index contributed by atoms with van der Waals surface area (Å²) < 4.78 is 2.13. The predicted molar refractivity (Wildman–Crippen MR) is 102 cm³/mol. The zero-order valence-corrected chi connectivity index (χ0v) is 14.5. The number of nitro groups is 1. The first kappa shape index (κ1) is 17.4. The first-order valence-corrected chi connectivity index (χ1v) is 8.18. The molecule has 0 unspecified atom stereocenters. The monoisotopic (exact) mass is 346 g/mol. The van der Waals surface area contributed by atoms with Crippen molar-refractivity contribution in [3.8, 4) is 5.69 Å². The SMILES string of the molecule is Cc1ccc(C)n1-c1ccc(C(=O)/C=C\c2ccc([N+](=O)[O-])cc2)cc1. The van der Waals surface area contributed by atoms with Crippen molar-refractivity contribution >= 4 is 17.5 Å². The molecule has 0 saturated heterocycles. The van der Waals surface area contributed by atoms with E-state index in [0.29, 0.717) is 5.56 Å². The number of ketones is 1. The molecule has 0 fully saturated rings. The van der Waals surface area contributed by atoms with Gasteiger partial charge in [0.1, 0.15) is 0 Å². The summed E-state index contributed by atoms with van der Waals surface area (Å²) in [6.07, 6.45) is 3.13. The van der Waals surface area contributed by atoms with Gasteiger partial charge < -0.3 is 4.57 Å². The van der Waals surface area contributed by atoms with Crippen LogP contribution in [0.15, 0.2) is 66.7 Å². The normalized spacial score (nSPS) is 11.0. The van der Waals surface area contributed by atoms with Crippen LogP contribution in [0, 0.1) is 24.0 Å². The summed E-state index contributed by atoms with van der Waals surface area (Å²) in [4.78, 5) is 22.5. The first-order chi connectivity index (χ1) is 12.5. The number of benzene rings is 2. The van der Waals surface area contributed by atoms with Crippen molar-refractivity contribution in [3.05, 3.63) is 99.4 Å². The minimum atomic E-state index is -0.450. The number of hydrogen-bond donors (Lipinski definition) is 0. The minimum absolute atomic E-state index is 0.0275. The Labute approximate surface area is 151 Å². The van der Waals surface area contributed by atoms with E-state index in [0.717, 1.165) is 22.6 Å². The third-order valence-electron chi connectivity index (χ3n) is 4.21. The molecule has 0 bridgehead atoms. The van der Waals surface area contributed by atoms with Crippen molar-refractivity contribution in [2.24, 2.45) is 0 Å². The van der Waals surface area contributed by atoms with E-state index in [1.54, 1.807) is 30.3 Å². The summed E-state index contributed by atoms with van der Waals surface area (Å²) in [6.45, 7) is 4.08. The van der Waals surface area contributed by atoms with Crippen LogP contribution in [0.1, 0.15) is 27.3 Å². The molecule has 0 radical (unpaired) electrons. The molecular weight excluding hydrogens is 328 g/mol. The third kappa shape index (κ3) is 3.62. The minimum Gasteiger partial charge on any atom is -0.319 e. The molecule has 26 heavy (non-hydrogen) atoms. The Morgan fingerprint density at radius 3 is 2.04 bits per heavy atom. The van der Waals surface area contributed by atoms with Crippen LogP contribution in [-0.2, 0) is 0 Å². The Hall–Kier alpha value is -3.47. The molecule has 2 aromatic carbocycles. The second kappa shape index (κ2) is 7.19. The molecule has 5 heteroatoms. The zero-order chi connectivity index (χ0) is 18.7. The molecule has 0 amide bonds. The van der Waals surface area contributed by atoms with Crippen molar-refractivity contribution in [1.82, 2.24) is 4.57 Å². The molecule has 1 heterocycles. The quantitative estimate of drug-likeness (QED) is 0.286. The number of carbonyl (C=O) groups excluding carboxylic acids is 1. The Bertz CT molecular complexity index is 962. The van der Waals surface area contributed by atoms with Gasteiger partial charge in [-0.05, 0) is 74.0 Å². The van der Waals surface area contributed by atoms with Crippen molar-refractivity contribution in [2.45, 2.75) is 13.8 Å². The van der Waals surface area contributed by atoms with E-state index in [2.05, 4.69) is 16.7 Å². The van der Waals surface area contributed by atoms with Gasteiger partial charge in [-0.15, -0.1) is 0 Å². The highest BCUT2D eigenvalue weighted by molar-refractivity contribution is 6.06. The standard InChI is InChI=1S/C21H18N2O3/c1-15-3-4-16(2)22(15)19-12-8-18(9-13-19)21(24)14-7-17-5-10-20(11-6-17)23(25)26/h3-14H,1-2H3/b14-7-. The second-order valence-corrected chi connectivity index (χ2v) is 6.04. The van der Waals surface area contributed by atoms with Crippen LogP contribution in [0.4, 0.5) is 5.69 Å². The van der Waals surface area contributed by atoms with Crippen LogP contribution in [0.25, 0.3) is 11.8 Å². The molecule has 3 rings (SSSR count). The fraction of sp³-hybridized carbons (Fsp3) is 0.0952. The summed E-state index contributed by atoms with van der Waals surface area (Å²) in [5.74, 6) is -0.115. The maximum absolute atomic E-state index is 12.3. The molecule has 3 aromatic rings. The van der Waals surface area contributed by atoms with Gasteiger partial charge in [0, 0.05) is 34.8 Å². The van der Waals surface area contributed by atoms with E-state index in [1.807, 2.05) is 26.0 Å². The molecule has 0 aliphatic rings. The lowest BCUT2D eigenvalue weighted by Crippen LogP contribution is -2.00. The van der Waals surface area contributed by atoms with Crippen molar-refractivity contribution in [1.29, 1.82) is 0 Å². The lowest BCUT2D eigenvalue weighted by atomic mass is 10.1. The second-order valence-electron chi connectivity index (χ2n) is 6.04. The van der Waals surface area contributed by atoms with E-state index in [9.17, 15) is 14.9 Å². The Morgan fingerprint density at radius 2 is 1.50 bits per heavy atom. The summed E-state index contributed by atoms with van der Waals surface area (Å²) in [7, 11) is 0. The average molecular weight is 346 g/mol. The number of non-ortho nitro benzene ring substituents is 1. The predicted octanol–water partition coefficient (Wildman–Crippen LogP) is 4.90. The number of nitrogens with zero attached hydrogens (tertiary/aromatic N) is 2. The van der Waals surface area contributed by atoms with E-state index in [-0.39, 0.29) is 11.5 Å². The maximum Gasteiger partial charge on any atom is 0.269 e. The molecule has 5 nitrogen and oxygen atoms in total. The summed E-state index contributed by atoms with van der Waals surface area (Å²) >= 11 is 0. The van der Waals surface area contributed by atoms with Crippen molar-refractivity contribution in [2.75, 3.05) is 0 Å². The molecule has 0 spiro atoms. The lowest BCUT2D eigenvalue weighted by molar-refractivity contribution is -0.384. The van der Waals surface area contributed by atoms with Crippen molar-refractivity contribution < 1.29 is 9.72 Å². The summed E-state index contributed by atoms with van der Waals surface area (Å²) in [5.41, 5.74) is 4.65. The molecule has 0 aliphatic carbocycles. The van der Waals surface area contributed by atoms with Crippen LogP contribution in [-0.4, -0.2) is 15.3 Å². The van der Waals surface area contributed by atoms with E-state index in [4.69, 9.17) is 0 Å². The van der Waals surface area contributed by atoms with Gasteiger partial charge in [-0.2, -0.15) is 0 Å². The zero-order valence-electron chi connectivity index (χ0n) is 14.5. The largest absolute Gasteiger partial charge is 0.319 e. The molecule has 0 aliphatic heterocycles. The average Bonchev–Trinajstić information content (AvgIpc) is 2.98. The summed E-state index contributed by atoms with van der Waals surface area (Å²) in [5, 5.41) is 10.6. The Balaban J connectivity index is 1.75. The number of nitro benzene ring substituents is 1. The fourth-order valence-corrected chi connectivity index (χ4v) is 2.83. The van der Waals surface area contributed by atoms with Crippen LogP contribution < -0.4 is 0 Å². The van der Waals surface area contributed by atoms with Gasteiger partial charge in [0.2, 0.25) is 0 Å². The first-order valence-electron chi connectivity index (χ1n) is 8.18. The third-order valence-corrected chi connectivity index (χ3v) is 4.21. The van der Waals surface area contributed by atoms with Gasteiger partial charge in [-0.1, -0.05) is 6.08 Å². The number of carbonyl (C=O) groups is 1. The topological polar surface area (TPSA) is 65.1 Å². The van der Waals surface area contributed by atoms with Gasteiger partial charge in [0.25, 0.3) is 5.69 Å². The highest BCUT2D eigenvalue weighted by atomic mass is 16.6. The van der Waals surface area contributed by atoms with E-state index < -0.39 is 4.92 Å². The van der Waals surface area contributed by atoms with Crippen LogP contribution >= 0.6 is 0 Å². The summed E-state index contributed by atoms with van der Waals surface area (Å²) in [6, 6.07) is 17.6. The van der Waals surface area contributed by atoms with Crippen molar-refractivity contribution in [3.63, 3.8) is 0 Å². The van der Waals surface area contributed by atoms with E-state index in [1.165, 1.54) is 18.2 Å². The molecule has 0 saturated carbocycles. The van der Waals surface area contributed by atoms with Crippen LogP contribution in [0.2, 0.25) is 0 Å². The molecule has 1 aromatic heterocycles. The number of aryl methyl sites for hydroxylation is 2.